The van der Waals surface area contributed by atoms with Crippen molar-refractivity contribution in [1.29, 1.82) is 0 Å². The molecule has 4 aromatic heterocycles. The van der Waals surface area contributed by atoms with E-state index in [1.165, 1.54) is 0 Å². The molecule has 5 nitrogen and oxygen atoms in total. The number of aromatic nitrogens is 5. The van der Waals surface area contributed by atoms with Crippen LogP contribution in [-0.4, -0.2) is 24.3 Å². The number of imidazole rings is 1. The second-order valence-electron chi connectivity index (χ2n) is 14.7. The van der Waals surface area contributed by atoms with Gasteiger partial charge in [-0.3, -0.25) is 4.40 Å². The number of rotatable bonds is 7. The van der Waals surface area contributed by atoms with Gasteiger partial charge in [0.1, 0.15) is 11.2 Å². The summed E-state index contributed by atoms with van der Waals surface area (Å²) in [5, 5.41) is 1.03. The van der Waals surface area contributed by atoms with Crippen molar-refractivity contribution in [3.8, 4) is 78.5 Å². The molecule has 0 aliphatic carbocycles. The summed E-state index contributed by atoms with van der Waals surface area (Å²) in [6.07, 6.45) is 2.07. The van der Waals surface area contributed by atoms with Gasteiger partial charge in [-0.1, -0.05) is 176 Å². The third kappa shape index (κ3) is 6.22. The third-order valence-corrected chi connectivity index (χ3v) is 11.0. The smallest absolute Gasteiger partial charge is 0.160 e. The Balaban J connectivity index is 1.16. The van der Waals surface area contributed by atoms with Gasteiger partial charge in [0.2, 0.25) is 0 Å². The van der Waals surface area contributed by atoms with E-state index >= 15 is 0 Å². The van der Waals surface area contributed by atoms with Crippen LogP contribution in [0.15, 0.2) is 212 Å². The predicted molar refractivity (Wildman–Crippen MR) is 242 cm³/mol. The maximum atomic E-state index is 5.44. The summed E-state index contributed by atoms with van der Waals surface area (Å²) in [5.41, 5.74) is 16.8. The molecular weight excluding hydrogens is 719 g/mol. The number of benzene rings is 7. The van der Waals surface area contributed by atoms with Gasteiger partial charge in [0.05, 0.1) is 28.1 Å². The first-order valence-electron chi connectivity index (χ1n) is 19.8. The first-order valence-corrected chi connectivity index (χ1v) is 19.8. The van der Waals surface area contributed by atoms with Crippen LogP contribution in [-0.2, 0) is 0 Å². The topological polar surface area (TPSA) is 56.0 Å². The van der Waals surface area contributed by atoms with Gasteiger partial charge in [-0.2, -0.15) is 0 Å². The van der Waals surface area contributed by atoms with E-state index in [0.29, 0.717) is 5.82 Å². The molecule has 0 spiro atoms. The van der Waals surface area contributed by atoms with Crippen LogP contribution >= 0.6 is 0 Å². The zero-order chi connectivity index (χ0) is 39.1. The third-order valence-electron chi connectivity index (χ3n) is 11.0. The molecule has 0 radical (unpaired) electrons. The lowest BCUT2D eigenvalue weighted by atomic mass is 9.91. The summed E-state index contributed by atoms with van der Waals surface area (Å²) in [4.78, 5) is 21.2. The Labute approximate surface area is 341 Å². The molecule has 0 saturated heterocycles. The molecule has 11 aromatic rings. The quantitative estimate of drug-likeness (QED) is 0.163. The molecule has 0 amide bonds. The SMILES string of the molecule is c1ccc(-c2cccc(-c3nc(-c4ccccc4)nc(-c4cccc(-c5ccccc5)c4)c3-c3ccc(-c4nc5ccccc5c5nc6ccccn6c45)cc3)c2)cc1. The Kier molecular flexibility index (Phi) is 8.41. The van der Waals surface area contributed by atoms with E-state index in [1.807, 2.05) is 48.5 Å². The molecule has 0 bridgehead atoms. The number of hydrogen-bond donors (Lipinski definition) is 0. The van der Waals surface area contributed by atoms with Crippen molar-refractivity contribution in [3.63, 3.8) is 0 Å². The van der Waals surface area contributed by atoms with Crippen molar-refractivity contribution >= 4 is 27.6 Å². The van der Waals surface area contributed by atoms with Gasteiger partial charge in [-0.05, 0) is 58.1 Å². The van der Waals surface area contributed by atoms with Crippen LogP contribution in [0.2, 0.25) is 0 Å². The van der Waals surface area contributed by atoms with E-state index in [9.17, 15) is 0 Å². The van der Waals surface area contributed by atoms with Crippen molar-refractivity contribution in [3.05, 3.63) is 212 Å². The number of para-hydroxylation sites is 1. The molecule has 0 aliphatic heterocycles. The standard InChI is InChI=1S/C54H35N5/c1-4-16-36(17-5-1)41-22-14-24-43(34-41)49-48(50(58-54(57-49)40-20-8-3-9-21-40)44-25-15-23-42(35-44)37-18-6-2-7-19-37)38-29-31-39(32-30-38)51-53-52(45-26-10-11-27-46(45)55-51)56-47-28-12-13-33-59(47)53/h1-35H. The maximum Gasteiger partial charge on any atom is 0.160 e. The lowest BCUT2D eigenvalue weighted by molar-refractivity contribution is 1.18. The number of pyridine rings is 2. The minimum atomic E-state index is 0.668. The second-order valence-corrected chi connectivity index (χ2v) is 14.7. The Bertz CT molecular complexity index is 3200. The molecule has 0 unspecified atom stereocenters. The molecule has 0 saturated carbocycles. The predicted octanol–water partition coefficient (Wildman–Crippen LogP) is 13.5. The Morgan fingerprint density at radius 2 is 0.831 bits per heavy atom. The molecule has 0 atom stereocenters. The van der Waals surface area contributed by atoms with E-state index in [4.69, 9.17) is 19.9 Å². The van der Waals surface area contributed by atoms with Gasteiger partial charge in [-0.25, -0.2) is 19.9 Å². The van der Waals surface area contributed by atoms with Crippen molar-refractivity contribution in [2.75, 3.05) is 0 Å². The number of fused-ring (bicyclic) bond motifs is 5. The van der Waals surface area contributed by atoms with Gasteiger partial charge in [-0.15, -0.1) is 0 Å². The van der Waals surface area contributed by atoms with E-state index in [-0.39, 0.29) is 0 Å². The van der Waals surface area contributed by atoms with Crippen LogP contribution in [0.25, 0.3) is 106 Å². The molecule has 0 N–H and O–H groups in total. The van der Waals surface area contributed by atoms with Crippen LogP contribution < -0.4 is 0 Å². The average molecular weight is 754 g/mol. The molecule has 59 heavy (non-hydrogen) atoms. The highest BCUT2D eigenvalue weighted by atomic mass is 15.0. The molecule has 4 heterocycles. The summed E-state index contributed by atoms with van der Waals surface area (Å²) >= 11 is 0. The number of hydrogen-bond acceptors (Lipinski definition) is 4. The summed E-state index contributed by atoms with van der Waals surface area (Å²) in [5.74, 6) is 0.668. The van der Waals surface area contributed by atoms with Crippen LogP contribution in [0, 0.1) is 0 Å². The summed E-state index contributed by atoms with van der Waals surface area (Å²) in [6.45, 7) is 0. The normalized spacial score (nSPS) is 11.4. The van der Waals surface area contributed by atoms with Gasteiger partial charge >= 0.3 is 0 Å². The highest BCUT2D eigenvalue weighted by Crippen LogP contribution is 2.42. The highest BCUT2D eigenvalue weighted by Gasteiger charge is 2.22. The summed E-state index contributed by atoms with van der Waals surface area (Å²) < 4.78 is 2.14. The Hall–Kier alpha value is -8.02. The van der Waals surface area contributed by atoms with Crippen molar-refractivity contribution in [1.82, 2.24) is 24.3 Å². The van der Waals surface area contributed by atoms with Crippen molar-refractivity contribution < 1.29 is 0 Å². The Morgan fingerprint density at radius 1 is 0.322 bits per heavy atom. The Morgan fingerprint density at radius 3 is 1.46 bits per heavy atom. The molecule has 276 valence electrons. The van der Waals surface area contributed by atoms with Gasteiger partial charge < -0.3 is 0 Å². The van der Waals surface area contributed by atoms with Gasteiger partial charge in [0, 0.05) is 39.4 Å². The molecule has 11 rings (SSSR count). The fraction of sp³-hybridized carbons (Fsp3) is 0. The van der Waals surface area contributed by atoms with Crippen molar-refractivity contribution in [2.45, 2.75) is 0 Å². The highest BCUT2D eigenvalue weighted by molar-refractivity contribution is 6.09. The molecular formula is C54H35N5. The van der Waals surface area contributed by atoms with E-state index in [0.717, 1.165) is 100 Å². The van der Waals surface area contributed by atoms with E-state index in [1.54, 1.807) is 0 Å². The van der Waals surface area contributed by atoms with Crippen molar-refractivity contribution in [2.24, 2.45) is 0 Å². The van der Waals surface area contributed by atoms with Gasteiger partial charge in [0.15, 0.2) is 5.82 Å². The van der Waals surface area contributed by atoms with Crippen LogP contribution in [0.5, 0.6) is 0 Å². The van der Waals surface area contributed by atoms with Crippen LogP contribution in [0.4, 0.5) is 0 Å². The first-order chi connectivity index (χ1) is 29.2. The molecule has 5 heteroatoms. The molecule has 7 aromatic carbocycles. The molecule has 0 fully saturated rings. The average Bonchev–Trinajstić information content (AvgIpc) is 3.72. The second kappa shape index (κ2) is 14.5. The minimum Gasteiger partial charge on any atom is -0.298 e. The number of nitrogens with zero attached hydrogens (tertiary/aromatic N) is 5. The van der Waals surface area contributed by atoms with E-state index in [2.05, 4.69) is 168 Å². The maximum absolute atomic E-state index is 5.44. The molecule has 0 aliphatic rings. The fourth-order valence-corrected chi connectivity index (χ4v) is 8.17. The minimum absolute atomic E-state index is 0.668. The van der Waals surface area contributed by atoms with E-state index < -0.39 is 0 Å². The van der Waals surface area contributed by atoms with Crippen LogP contribution in [0.3, 0.4) is 0 Å². The monoisotopic (exact) mass is 753 g/mol. The fourth-order valence-electron chi connectivity index (χ4n) is 8.17. The zero-order valence-electron chi connectivity index (χ0n) is 31.9. The van der Waals surface area contributed by atoms with Crippen LogP contribution in [0.1, 0.15) is 0 Å². The summed E-state index contributed by atoms with van der Waals surface area (Å²) in [6, 6.07) is 71.7. The van der Waals surface area contributed by atoms with Gasteiger partial charge in [0.25, 0.3) is 0 Å². The lowest BCUT2D eigenvalue weighted by Gasteiger charge is -2.18. The first kappa shape index (κ1) is 34.2. The zero-order valence-corrected chi connectivity index (χ0v) is 31.9. The largest absolute Gasteiger partial charge is 0.298 e. The summed E-state index contributed by atoms with van der Waals surface area (Å²) in [7, 11) is 0. The lowest BCUT2D eigenvalue weighted by Crippen LogP contribution is -2.01.